The molecule has 8 nitrogen and oxygen atoms in total. The Labute approximate surface area is 117 Å². The number of hydrogen-bond acceptors (Lipinski definition) is 8. The molecule has 0 saturated heterocycles. The molecule has 0 unspecified atom stereocenters. The number of anilines is 4. The number of hydrogen-bond donors (Lipinski definition) is 4. The van der Waals surface area contributed by atoms with Crippen molar-refractivity contribution in [2.24, 2.45) is 0 Å². The fraction of sp³-hybridized carbons (Fsp3) is 0.400. The minimum Gasteiger partial charge on any atom is -0.371 e. The predicted molar refractivity (Wildman–Crippen MR) is 80.6 cm³/mol. The summed E-state index contributed by atoms with van der Waals surface area (Å²) in [6, 6.07) is 0. The molecule has 0 aliphatic heterocycles. The van der Waals surface area contributed by atoms with Crippen LogP contribution in [-0.4, -0.2) is 48.1 Å². The summed E-state index contributed by atoms with van der Waals surface area (Å²) in [5.74, 6) is 2.34. The van der Waals surface area contributed by atoms with Crippen molar-refractivity contribution >= 4 is 47.0 Å². The Morgan fingerprint density at radius 3 is 1.21 bits per heavy atom. The summed E-state index contributed by atoms with van der Waals surface area (Å²) >= 11 is 0. The molecule has 0 fully saturated rings. The quantitative estimate of drug-likeness (QED) is 0.660. The normalized spacial score (nSPS) is 9.68. The first-order valence-corrected chi connectivity index (χ1v) is 5.54. The standard InChI is InChI=1S/C10H16N8.ClH/c1-11-7-5-6(16-9(13-3)17-7)8(12-2)18-10(14-4)15-5;/h1-4H3,(H2,11,13,16,17)(H2,12,14,15,18);1H. The molecule has 0 radical (unpaired) electrons. The molecular weight excluding hydrogens is 268 g/mol. The van der Waals surface area contributed by atoms with Gasteiger partial charge in [0.2, 0.25) is 11.9 Å². The fourth-order valence-electron chi connectivity index (χ4n) is 1.59. The summed E-state index contributed by atoms with van der Waals surface area (Å²) in [5.41, 5.74) is 1.33. The maximum Gasteiger partial charge on any atom is 0.225 e. The minimum atomic E-state index is 0. The molecule has 104 valence electrons. The molecular formula is C10H17ClN8. The molecule has 2 aromatic rings. The molecule has 0 atom stereocenters. The van der Waals surface area contributed by atoms with Crippen molar-refractivity contribution in [3.63, 3.8) is 0 Å². The molecule has 2 aromatic heterocycles. The van der Waals surface area contributed by atoms with E-state index >= 15 is 0 Å². The monoisotopic (exact) mass is 284 g/mol. The van der Waals surface area contributed by atoms with Crippen LogP contribution in [0.25, 0.3) is 11.0 Å². The van der Waals surface area contributed by atoms with Crippen LogP contribution in [0.3, 0.4) is 0 Å². The van der Waals surface area contributed by atoms with Gasteiger partial charge in [0.25, 0.3) is 0 Å². The van der Waals surface area contributed by atoms with Crippen molar-refractivity contribution in [1.29, 1.82) is 0 Å². The third-order valence-electron chi connectivity index (χ3n) is 2.46. The van der Waals surface area contributed by atoms with Gasteiger partial charge >= 0.3 is 0 Å². The Bertz CT molecular complexity index is 522. The van der Waals surface area contributed by atoms with Gasteiger partial charge in [-0.05, 0) is 0 Å². The number of aromatic nitrogens is 4. The Hall–Kier alpha value is -2.09. The highest BCUT2D eigenvalue weighted by atomic mass is 35.5. The molecule has 0 aliphatic carbocycles. The molecule has 0 aliphatic rings. The van der Waals surface area contributed by atoms with Gasteiger partial charge in [0.1, 0.15) is 11.0 Å². The largest absolute Gasteiger partial charge is 0.371 e. The van der Waals surface area contributed by atoms with Crippen molar-refractivity contribution in [2.45, 2.75) is 0 Å². The van der Waals surface area contributed by atoms with Crippen molar-refractivity contribution in [3.8, 4) is 0 Å². The highest BCUT2D eigenvalue weighted by molar-refractivity contribution is 5.94. The second-order valence-corrected chi connectivity index (χ2v) is 3.49. The first kappa shape index (κ1) is 15.0. The van der Waals surface area contributed by atoms with Crippen molar-refractivity contribution in [3.05, 3.63) is 0 Å². The summed E-state index contributed by atoms with van der Waals surface area (Å²) < 4.78 is 0. The summed E-state index contributed by atoms with van der Waals surface area (Å²) in [6.45, 7) is 0. The van der Waals surface area contributed by atoms with Gasteiger partial charge in [-0.2, -0.15) is 9.97 Å². The highest BCUT2D eigenvalue weighted by Crippen LogP contribution is 2.25. The molecule has 4 N–H and O–H groups in total. The molecule has 0 spiro atoms. The van der Waals surface area contributed by atoms with E-state index in [0.717, 1.165) is 0 Å². The number of fused-ring (bicyclic) bond motifs is 1. The van der Waals surface area contributed by atoms with E-state index in [4.69, 9.17) is 0 Å². The van der Waals surface area contributed by atoms with Crippen LogP contribution in [0, 0.1) is 0 Å². The fourth-order valence-corrected chi connectivity index (χ4v) is 1.59. The van der Waals surface area contributed by atoms with E-state index in [1.807, 2.05) is 0 Å². The second kappa shape index (κ2) is 6.19. The third kappa shape index (κ3) is 2.68. The Kier molecular flexibility index (Phi) is 4.87. The minimum absolute atomic E-state index is 0. The summed E-state index contributed by atoms with van der Waals surface area (Å²) in [7, 11) is 7.12. The van der Waals surface area contributed by atoms with Gasteiger partial charge in [-0.3, -0.25) is 0 Å². The lowest BCUT2D eigenvalue weighted by molar-refractivity contribution is 1.13. The average Bonchev–Trinajstić information content (AvgIpc) is 2.44. The van der Waals surface area contributed by atoms with Gasteiger partial charge in [-0.15, -0.1) is 12.4 Å². The van der Waals surface area contributed by atoms with Gasteiger partial charge in [-0.1, -0.05) is 0 Å². The van der Waals surface area contributed by atoms with Crippen LogP contribution in [0.15, 0.2) is 0 Å². The van der Waals surface area contributed by atoms with E-state index in [0.29, 0.717) is 34.6 Å². The summed E-state index contributed by atoms with van der Waals surface area (Å²) in [6.07, 6.45) is 0. The number of nitrogens with zero attached hydrogens (tertiary/aromatic N) is 4. The van der Waals surface area contributed by atoms with Gasteiger partial charge in [-0.25, -0.2) is 9.97 Å². The zero-order chi connectivity index (χ0) is 13.1. The third-order valence-corrected chi connectivity index (χ3v) is 2.46. The predicted octanol–water partition coefficient (Wildman–Crippen LogP) is 1.01. The second-order valence-electron chi connectivity index (χ2n) is 3.49. The van der Waals surface area contributed by atoms with Crippen molar-refractivity contribution in [1.82, 2.24) is 19.9 Å². The average molecular weight is 285 g/mol. The van der Waals surface area contributed by atoms with Gasteiger partial charge < -0.3 is 21.3 Å². The van der Waals surface area contributed by atoms with Gasteiger partial charge in [0.05, 0.1) is 0 Å². The number of rotatable bonds is 4. The smallest absolute Gasteiger partial charge is 0.225 e. The molecule has 2 rings (SSSR count). The van der Waals surface area contributed by atoms with Gasteiger partial charge in [0.15, 0.2) is 11.6 Å². The Morgan fingerprint density at radius 1 is 0.579 bits per heavy atom. The molecule has 0 aromatic carbocycles. The zero-order valence-corrected chi connectivity index (χ0v) is 12.0. The molecule has 19 heavy (non-hydrogen) atoms. The van der Waals surface area contributed by atoms with Crippen LogP contribution < -0.4 is 21.3 Å². The molecule has 0 amide bonds. The SMILES string of the molecule is CNc1nc(NC)c2nc(NC)nc(NC)c2n1.Cl. The first-order chi connectivity index (χ1) is 8.73. The topological polar surface area (TPSA) is 99.7 Å². The van der Waals surface area contributed by atoms with Crippen LogP contribution in [0.2, 0.25) is 0 Å². The lowest BCUT2D eigenvalue weighted by atomic mass is 10.3. The Balaban J connectivity index is 0.00000180. The van der Waals surface area contributed by atoms with Crippen LogP contribution in [-0.2, 0) is 0 Å². The summed E-state index contributed by atoms with van der Waals surface area (Å²) in [5, 5.41) is 11.8. The molecule has 0 bridgehead atoms. The van der Waals surface area contributed by atoms with Crippen molar-refractivity contribution in [2.75, 3.05) is 49.5 Å². The van der Waals surface area contributed by atoms with E-state index in [9.17, 15) is 0 Å². The maximum atomic E-state index is 4.37. The number of nitrogens with one attached hydrogen (secondary N) is 4. The van der Waals surface area contributed by atoms with Gasteiger partial charge in [0, 0.05) is 28.2 Å². The van der Waals surface area contributed by atoms with Crippen LogP contribution >= 0.6 is 12.4 Å². The lowest BCUT2D eigenvalue weighted by Gasteiger charge is -2.11. The van der Waals surface area contributed by atoms with Crippen LogP contribution in [0.1, 0.15) is 0 Å². The van der Waals surface area contributed by atoms with Crippen LogP contribution in [0.5, 0.6) is 0 Å². The Morgan fingerprint density at radius 2 is 0.947 bits per heavy atom. The van der Waals surface area contributed by atoms with Crippen molar-refractivity contribution < 1.29 is 0 Å². The highest BCUT2D eigenvalue weighted by Gasteiger charge is 2.13. The molecule has 9 heteroatoms. The molecule has 0 saturated carbocycles. The van der Waals surface area contributed by atoms with E-state index in [1.54, 1.807) is 28.2 Å². The van der Waals surface area contributed by atoms with E-state index in [-0.39, 0.29) is 12.4 Å². The van der Waals surface area contributed by atoms with E-state index in [2.05, 4.69) is 41.2 Å². The lowest BCUT2D eigenvalue weighted by Crippen LogP contribution is -2.08. The number of halogens is 1. The first-order valence-electron chi connectivity index (χ1n) is 5.54. The maximum absolute atomic E-state index is 4.37. The van der Waals surface area contributed by atoms with E-state index < -0.39 is 0 Å². The van der Waals surface area contributed by atoms with E-state index in [1.165, 1.54) is 0 Å². The zero-order valence-electron chi connectivity index (χ0n) is 11.2. The molecule has 2 heterocycles. The summed E-state index contributed by atoms with van der Waals surface area (Å²) in [4.78, 5) is 17.4. The van der Waals surface area contributed by atoms with Crippen LogP contribution in [0.4, 0.5) is 23.5 Å².